The van der Waals surface area contributed by atoms with Crippen molar-refractivity contribution >= 4 is 5.97 Å². The Balaban J connectivity index is 1.91. The molecule has 2 aliphatic heterocycles. The number of likely N-dealkylation sites (tertiary alicyclic amines) is 1. The highest BCUT2D eigenvalue weighted by Gasteiger charge is 2.29. The van der Waals surface area contributed by atoms with Gasteiger partial charge in [-0.15, -0.1) is 0 Å². The maximum atomic E-state index is 11.9. The monoisotopic (exact) mass is 271 g/mol. The molecule has 3 nitrogen and oxygen atoms in total. The molecule has 0 aliphatic carbocycles. The summed E-state index contributed by atoms with van der Waals surface area (Å²) in [6, 6.07) is 10.8. The second-order valence-electron chi connectivity index (χ2n) is 5.55. The summed E-state index contributed by atoms with van der Waals surface area (Å²) in [6.07, 6.45) is 4.14. The molecule has 0 N–H and O–H groups in total. The molecular formula is C17H21NO2. The van der Waals surface area contributed by atoms with Crippen molar-refractivity contribution in [2.75, 3.05) is 13.2 Å². The van der Waals surface area contributed by atoms with E-state index in [2.05, 4.69) is 36.1 Å². The minimum absolute atomic E-state index is 0.104. The first kappa shape index (κ1) is 13.2. The summed E-state index contributed by atoms with van der Waals surface area (Å²) in [5.41, 5.74) is 3.43. The number of rotatable bonds is 2. The van der Waals surface area contributed by atoms with E-state index in [0.717, 1.165) is 25.0 Å². The van der Waals surface area contributed by atoms with Gasteiger partial charge in [-0.25, -0.2) is 4.79 Å². The van der Waals surface area contributed by atoms with Crippen molar-refractivity contribution in [1.29, 1.82) is 0 Å². The molecule has 3 heteroatoms. The van der Waals surface area contributed by atoms with Crippen LogP contribution in [0.1, 0.15) is 44.2 Å². The summed E-state index contributed by atoms with van der Waals surface area (Å²) >= 11 is 0. The van der Waals surface area contributed by atoms with Gasteiger partial charge in [0.05, 0.1) is 18.2 Å². The average molecular weight is 271 g/mol. The second-order valence-corrected chi connectivity index (χ2v) is 5.55. The average Bonchev–Trinajstić information content (AvgIpc) is 2.93. The van der Waals surface area contributed by atoms with Crippen LogP contribution in [-0.4, -0.2) is 24.0 Å². The predicted octanol–water partition coefficient (Wildman–Crippen LogP) is 3.43. The Labute approximate surface area is 120 Å². The first-order valence-electron chi connectivity index (χ1n) is 7.48. The molecule has 0 spiro atoms. The molecule has 20 heavy (non-hydrogen) atoms. The summed E-state index contributed by atoms with van der Waals surface area (Å²) in [5.74, 6) is -0.104. The number of esters is 1. The van der Waals surface area contributed by atoms with Gasteiger partial charge in [0.2, 0.25) is 0 Å². The van der Waals surface area contributed by atoms with Crippen LogP contribution in [0.4, 0.5) is 0 Å². The molecule has 1 atom stereocenters. The smallest absolute Gasteiger partial charge is 0.335 e. The van der Waals surface area contributed by atoms with E-state index in [-0.39, 0.29) is 5.97 Å². The lowest BCUT2D eigenvalue weighted by Gasteiger charge is -2.38. The van der Waals surface area contributed by atoms with E-state index in [1.54, 1.807) is 0 Å². The maximum Gasteiger partial charge on any atom is 0.335 e. The lowest BCUT2D eigenvalue weighted by atomic mass is 9.97. The van der Waals surface area contributed by atoms with Crippen LogP contribution in [-0.2, 0) is 9.53 Å². The summed E-state index contributed by atoms with van der Waals surface area (Å²) in [6.45, 7) is 3.80. The lowest BCUT2D eigenvalue weighted by Crippen LogP contribution is -2.32. The van der Waals surface area contributed by atoms with E-state index in [9.17, 15) is 4.79 Å². The van der Waals surface area contributed by atoms with Gasteiger partial charge < -0.3 is 9.64 Å². The highest BCUT2D eigenvalue weighted by Crippen LogP contribution is 2.34. The number of carbonyl (C=O) groups is 1. The molecule has 0 aromatic heterocycles. The molecule has 2 aliphatic rings. The Kier molecular flexibility index (Phi) is 3.77. The first-order chi connectivity index (χ1) is 9.77. The third-order valence-electron chi connectivity index (χ3n) is 4.34. The van der Waals surface area contributed by atoms with E-state index in [4.69, 9.17) is 4.74 Å². The lowest BCUT2D eigenvalue weighted by molar-refractivity contribution is -0.135. The number of nitrogens with zero attached hydrogens (tertiary/aromatic N) is 1. The van der Waals surface area contributed by atoms with Crippen LogP contribution in [0.15, 0.2) is 41.6 Å². The van der Waals surface area contributed by atoms with Gasteiger partial charge in [-0.3, -0.25) is 0 Å². The van der Waals surface area contributed by atoms with Gasteiger partial charge in [0.25, 0.3) is 0 Å². The molecule has 106 valence electrons. The van der Waals surface area contributed by atoms with Crippen molar-refractivity contribution in [2.45, 2.75) is 38.6 Å². The molecule has 2 heterocycles. The second kappa shape index (κ2) is 5.70. The Hall–Kier alpha value is -1.77. The standard InChI is InChI=1S/C17H21NO2/c1-13(14-7-3-2-4-8-14)18-11-6-5-9-16(18)15-10-12-20-17(15)19/h2-4,7-8,13H,5-6,9-12H2,1H3/b16-15+/t13-/m0/s1. The third kappa shape index (κ3) is 2.45. The minimum Gasteiger partial charge on any atom is -0.462 e. The van der Waals surface area contributed by atoms with Crippen LogP contribution in [0.3, 0.4) is 0 Å². The van der Waals surface area contributed by atoms with Gasteiger partial charge in [-0.05, 0) is 31.7 Å². The van der Waals surface area contributed by atoms with Gasteiger partial charge in [0, 0.05) is 18.7 Å². The largest absolute Gasteiger partial charge is 0.462 e. The number of ether oxygens (including phenoxy) is 1. The van der Waals surface area contributed by atoms with Crippen molar-refractivity contribution in [3.05, 3.63) is 47.2 Å². The highest BCUT2D eigenvalue weighted by molar-refractivity contribution is 5.91. The molecule has 0 amide bonds. The molecule has 0 unspecified atom stereocenters. The summed E-state index contributed by atoms with van der Waals surface area (Å²) in [7, 11) is 0. The molecule has 1 aromatic rings. The number of piperidine rings is 1. The van der Waals surface area contributed by atoms with E-state index in [0.29, 0.717) is 12.6 Å². The number of cyclic esters (lactones) is 1. The molecule has 3 rings (SSSR count). The fraction of sp³-hybridized carbons (Fsp3) is 0.471. The molecule has 0 saturated carbocycles. The molecular weight excluding hydrogens is 250 g/mol. The van der Waals surface area contributed by atoms with Gasteiger partial charge in [-0.2, -0.15) is 0 Å². The van der Waals surface area contributed by atoms with Crippen LogP contribution in [0, 0.1) is 0 Å². The SMILES string of the molecule is C[C@@H](c1ccccc1)N1CCCC/C1=C1/CCOC1=O. The Morgan fingerprint density at radius 3 is 2.65 bits per heavy atom. The third-order valence-corrected chi connectivity index (χ3v) is 4.34. The van der Waals surface area contributed by atoms with Crippen LogP contribution in [0.5, 0.6) is 0 Å². The number of allylic oxidation sites excluding steroid dienone is 1. The summed E-state index contributed by atoms with van der Waals surface area (Å²) in [5, 5.41) is 0. The number of hydrogen-bond donors (Lipinski definition) is 0. The van der Waals surface area contributed by atoms with Crippen LogP contribution in [0.2, 0.25) is 0 Å². The number of benzene rings is 1. The zero-order valence-electron chi connectivity index (χ0n) is 12.0. The van der Waals surface area contributed by atoms with E-state index in [1.165, 1.54) is 24.1 Å². The van der Waals surface area contributed by atoms with Crippen molar-refractivity contribution in [1.82, 2.24) is 4.90 Å². The quantitative estimate of drug-likeness (QED) is 0.609. The van der Waals surface area contributed by atoms with Gasteiger partial charge in [-0.1, -0.05) is 30.3 Å². The Bertz CT molecular complexity index is 521. The van der Waals surface area contributed by atoms with Crippen LogP contribution in [0.25, 0.3) is 0 Å². The fourth-order valence-electron chi connectivity index (χ4n) is 3.21. The number of carbonyl (C=O) groups excluding carboxylic acids is 1. The Morgan fingerprint density at radius 2 is 1.95 bits per heavy atom. The molecule has 2 saturated heterocycles. The number of hydrogen-bond acceptors (Lipinski definition) is 3. The highest BCUT2D eigenvalue weighted by atomic mass is 16.5. The molecule has 1 aromatic carbocycles. The normalized spacial score (nSPS) is 24.6. The predicted molar refractivity (Wildman–Crippen MR) is 78.0 cm³/mol. The van der Waals surface area contributed by atoms with E-state index >= 15 is 0 Å². The maximum absolute atomic E-state index is 11.9. The molecule has 2 fully saturated rings. The zero-order chi connectivity index (χ0) is 13.9. The topological polar surface area (TPSA) is 29.5 Å². The first-order valence-corrected chi connectivity index (χ1v) is 7.48. The van der Waals surface area contributed by atoms with Crippen LogP contribution < -0.4 is 0 Å². The molecule has 0 bridgehead atoms. The van der Waals surface area contributed by atoms with Crippen molar-refractivity contribution < 1.29 is 9.53 Å². The Morgan fingerprint density at radius 1 is 1.15 bits per heavy atom. The summed E-state index contributed by atoms with van der Waals surface area (Å²) in [4.78, 5) is 14.3. The molecule has 0 radical (unpaired) electrons. The zero-order valence-corrected chi connectivity index (χ0v) is 12.0. The van der Waals surface area contributed by atoms with E-state index < -0.39 is 0 Å². The van der Waals surface area contributed by atoms with E-state index in [1.807, 2.05) is 6.07 Å². The van der Waals surface area contributed by atoms with Crippen molar-refractivity contribution in [2.24, 2.45) is 0 Å². The van der Waals surface area contributed by atoms with Crippen molar-refractivity contribution in [3.63, 3.8) is 0 Å². The van der Waals surface area contributed by atoms with Gasteiger partial charge in [0.15, 0.2) is 0 Å². The minimum atomic E-state index is -0.104. The van der Waals surface area contributed by atoms with Crippen LogP contribution >= 0.6 is 0 Å². The van der Waals surface area contributed by atoms with Gasteiger partial charge >= 0.3 is 5.97 Å². The fourth-order valence-corrected chi connectivity index (χ4v) is 3.21. The van der Waals surface area contributed by atoms with Gasteiger partial charge in [0.1, 0.15) is 0 Å². The summed E-state index contributed by atoms with van der Waals surface area (Å²) < 4.78 is 5.13. The van der Waals surface area contributed by atoms with Crippen molar-refractivity contribution in [3.8, 4) is 0 Å².